The molecule has 0 saturated carbocycles. The van der Waals surface area contributed by atoms with Crippen LogP contribution in [0.1, 0.15) is 47.5 Å². The summed E-state index contributed by atoms with van der Waals surface area (Å²) in [5.41, 5.74) is 15.0. The van der Waals surface area contributed by atoms with Crippen LogP contribution in [0.15, 0.2) is 199 Å². The first kappa shape index (κ1) is 45.0. The zero-order chi connectivity index (χ0) is 54.3. The van der Waals surface area contributed by atoms with Crippen LogP contribution in [0.5, 0.6) is 0 Å². The molecule has 13 rings (SSSR count). The summed E-state index contributed by atoms with van der Waals surface area (Å²) >= 11 is -2.14. The van der Waals surface area contributed by atoms with Crippen molar-refractivity contribution in [2.45, 2.75) is 57.7 Å². The summed E-state index contributed by atoms with van der Waals surface area (Å²) in [6.07, 6.45) is 1.91. The largest absolute Gasteiger partial charge is 0 e. The number of imidazole rings is 1. The summed E-state index contributed by atoms with van der Waals surface area (Å²) in [6, 6.07) is 72.2. The Morgan fingerprint density at radius 3 is 2.01 bits per heavy atom. The quantitative estimate of drug-likeness (QED) is 0.0691. The van der Waals surface area contributed by atoms with Gasteiger partial charge < -0.3 is 8.98 Å². The van der Waals surface area contributed by atoms with E-state index >= 15 is 0 Å². The number of benzene rings is 10. The summed E-state index contributed by atoms with van der Waals surface area (Å²) in [6.45, 7) is 6.00. The Morgan fingerprint density at radius 1 is 0.653 bits per heavy atom. The molecule has 0 unspecified atom stereocenters. The molecule has 10 aromatic carbocycles. The maximum Gasteiger partial charge on any atom is 0 e. The molecule has 0 amide bonds. The van der Waals surface area contributed by atoms with Gasteiger partial charge in [0.05, 0.1) is 28.1 Å². The van der Waals surface area contributed by atoms with E-state index in [0.29, 0.717) is 0 Å². The number of aryl methyl sites for hydroxylation is 3. The first-order chi connectivity index (χ1) is 37.4. The Bertz CT molecular complexity index is 4400. The molecule has 6 heteroatoms. The SMILES string of the molecule is Cc1[c-]c(-c2nc3ccccc3n2-c2c(-c3ccccc3)cccc2-c2ccccc2)c2oc3cc4cc5ccc6ccccc6c5cc4cc3c2c1C.[2H]C([2H])([2H])c1c[c-]c(-c2cc(C([2H])(C)C)[c]([Ge]([CH3])([CH3])[CH3])cn2)cc1.[Ir]. The van der Waals surface area contributed by atoms with Crippen molar-refractivity contribution in [1.82, 2.24) is 14.5 Å². The standard InChI is InChI=1S/C51H33N2O.C18H24GeN.Ir/c1-31-26-44(50-48(32(31)2)43-29-38-28-42-36(27-37(38)30-47(43)54-50)25-24-35-18-9-10-19-39(35)42)51-52-45-22-11-12-23-46(45)53(51)49-40(33-14-5-3-6-15-33)20-13-21-41(49)34-16-7-4-8-17-34;1-13(2)16-11-18(15-9-7-14(3)8-10-15)20-12-17(16)19(4,5)6;/h3-25,27-30H,1-2H3;7-9,11-13H,1-6H3;/q2*-1;/i;3D3,13D;. The van der Waals surface area contributed by atoms with Gasteiger partial charge in [-0.1, -0.05) is 152 Å². The normalized spacial score (nSPS) is 12.8. The smallest absolute Gasteiger partial charge is 0 e. The fourth-order valence-corrected chi connectivity index (χ4v) is 14.0. The van der Waals surface area contributed by atoms with Crippen molar-refractivity contribution in [2.75, 3.05) is 0 Å². The van der Waals surface area contributed by atoms with Gasteiger partial charge in [0.2, 0.25) is 0 Å². The van der Waals surface area contributed by atoms with Gasteiger partial charge in [0.15, 0.2) is 0 Å². The molecule has 0 aliphatic carbocycles. The molecule has 0 atom stereocenters. The Balaban J connectivity index is 0.000000224. The van der Waals surface area contributed by atoms with Gasteiger partial charge in [-0.15, -0.1) is 17.2 Å². The molecular formula is C69H57GeIrN3O-2. The zero-order valence-electron chi connectivity index (χ0n) is 47.1. The number of para-hydroxylation sites is 3. The van der Waals surface area contributed by atoms with E-state index in [9.17, 15) is 0 Å². The number of nitrogens with zero attached hydrogens (tertiary/aromatic N) is 3. The third-order valence-corrected chi connectivity index (χ3v) is 18.8. The topological polar surface area (TPSA) is 43.9 Å². The van der Waals surface area contributed by atoms with Crippen LogP contribution in [-0.4, -0.2) is 27.8 Å². The van der Waals surface area contributed by atoms with Crippen LogP contribution in [0.3, 0.4) is 0 Å². The van der Waals surface area contributed by atoms with E-state index < -0.39 is 26.0 Å². The summed E-state index contributed by atoms with van der Waals surface area (Å²) in [5, 5.41) is 9.55. The molecule has 4 nitrogen and oxygen atoms in total. The van der Waals surface area contributed by atoms with Crippen molar-refractivity contribution in [2.24, 2.45) is 0 Å². The fourth-order valence-electron chi connectivity index (χ4n) is 10.7. The third-order valence-electron chi connectivity index (χ3n) is 14.5. The summed E-state index contributed by atoms with van der Waals surface area (Å²) < 4.78 is 41.4. The first-order valence-corrected chi connectivity index (χ1v) is 32.6. The van der Waals surface area contributed by atoms with Crippen LogP contribution in [0, 0.1) is 32.8 Å². The summed E-state index contributed by atoms with van der Waals surface area (Å²) in [4.78, 5) is 9.99. The molecule has 0 aliphatic rings. The first-order valence-electron chi connectivity index (χ1n) is 27.3. The summed E-state index contributed by atoms with van der Waals surface area (Å²) in [5.74, 6) is 6.98. The van der Waals surface area contributed by atoms with Crippen LogP contribution in [0.2, 0.25) is 17.3 Å². The molecule has 75 heavy (non-hydrogen) atoms. The molecule has 0 fully saturated rings. The van der Waals surface area contributed by atoms with Crippen molar-refractivity contribution in [3.63, 3.8) is 0 Å². The van der Waals surface area contributed by atoms with Gasteiger partial charge in [0, 0.05) is 36.6 Å². The van der Waals surface area contributed by atoms with Crippen LogP contribution < -0.4 is 4.40 Å². The number of rotatable bonds is 7. The molecule has 369 valence electrons. The van der Waals surface area contributed by atoms with Crippen molar-refractivity contribution in [3.8, 4) is 50.6 Å². The minimum absolute atomic E-state index is 0. The van der Waals surface area contributed by atoms with Gasteiger partial charge in [-0.2, -0.15) is 0 Å². The van der Waals surface area contributed by atoms with Gasteiger partial charge in [0.1, 0.15) is 5.58 Å². The maximum atomic E-state index is 8.49. The van der Waals surface area contributed by atoms with E-state index in [0.717, 1.165) is 106 Å². The van der Waals surface area contributed by atoms with Crippen molar-refractivity contribution >= 4 is 83.0 Å². The second kappa shape index (κ2) is 20.0. The Labute approximate surface area is 461 Å². The molecule has 3 heterocycles. The van der Waals surface area contributed by atoms with Crippen molar-refractivity contribution in [1.29, 1.82) is 0 Å². The van der Waals surface area contributed by atoms with Gasteiger partial charge in [-0.25, -0.2) is 0 Å². The molecule has 0 N–H and O–H groups in total. The van der Waals surface area contributed by atoms with Gasteiger partial charge in [-0.3, -0.25) is 4.98 Å². The minimum atomic E-state index is -2.14. The van der Waals surface area contributed by atoms with Crippen LogP contribution in [0.4, 0.5) is 0 Å². The molecule has 0 saturated heterocycles. The number of pyridine rings is 1. The number of hydrogen-bond donors (Lipinski definition) is 0. The third kappa shape index (κ3) is 9.11. The van der Waals surface area contributed by atoms with E-state index in [4.69, 9.17) is 14.9 Å². The summed E-state index contributed by atoms with van der Waals surface area (Å²) in [7, 11) is 0. The second-order valence-electron chi connectivity index (χ2n) is 20.7. The molecule has 0 aliphatic heterocycles. The van der Waals surface area contributed by atoms with Gasteiger partial charge in [-0.05, 0) is 79.8 Å². The van der Waals surface area contributed by atoms with Crippen LogP contribution >= 0.6 is 0 Å². The number of hydrogen-bond acceptors (Lipinski definition) is 3. The monoisotopic (exact) mass is 1210 g/mol. The minimum Gasteiger partial charge on any atom is 0 e. The predicted molar refractivity (Wildman–Crippen MR) is 316 cm³/mol. The van der Waals surface area contributed by atoms with Crippen molar-refractivity contribution in [3.05, 3.63) is 229 Å². The number of furan rings is 1. The molecule has 0 bridgehead atoms. The Kier molecular flexibility index (Phi) is 12.0. The van der Waals surface area contributed by atoms with Gasteiger partial charge in [0.25, 0.3) is 0 Å². The molecule has 3 aromatic heterocycles. The maximum absolute atomic E-state index is 8.49. The van der Waals surface area contributed by atoms with E-state index in [1.165, 1.54) is 37.4 Å². The van der Waals surface area contributed by atoms with Gasteiger partial charge >= 0.3 is 131 Å². The zero-order valence-corrected chi connectivity index (χ0v) is 47.6. The van der Waals surface area contributed by atoms with Crippen LogP contribution in [-0.2, 0) is 20.1 Å². The number of aromatic nitrogens is 3. The average molecular weight is 1210 g/mol. The van der Waals surface area contributed by atoms with Crippen molar-refractivity contribution < 1.29 is 30.0 Å². The molecule has 13 aromatic rings. The second-order valence-corrected chi connectivity index (χ2v) is 31.2. The van der Waals surface area contributed by atoms with E-state index in [1.54, 1.807) is 12.1 Å². The van der Waals surface area contributed by atoms with E-state index in [-0.39, 0.29) is 25.7 Å². The number of fused-ring (bicyclic) bond motifs is 8. The molecular weight excluding hydrogens is 1150 g/mol. The predicted octanol–water partition coefficient (Wildman–Crippen LogP) is 18.3. The van der Waals surface area contributed by atoms with E-state index in [2.05, 4.69) is 217 Å². The Hall–Kier alpha value is -7.41. The van der Waals surface area contributed by atoms with Crippen LogP contribution in [0.25, 0.3) is 116 Å². The Morgan fingerprint density at radius 2 is 1.32 bits per heavy atom. The van der Waals surface area contributed by atoms with E-state index in [1.807, 2.05) is 26.1 Å². The fraction of sp³-hybridized carbons (Fsp3) is 0.130. The average Bonchev–Trinajstić information content (AvgIpc) is 4.25. The molecule has 1 radical (unpaired) electrons. The molecule has 0 spiro atoms.